The number of ether oxygens (including phenoxy) is 1. The predicted octanol–water partition coefficient (Wildman–Crippen LogP) is 3.16. The first-order chi connectivity index (χ1) is 7.46. The minimum Gasteiger partial charge on any atom is -0.493 e. The standard InChI is InChI=1S/C13H18ClNO/c1-13(2,3)15-8-10-7-11(14)6-9-4-5-16-12(9)10/h6-7,15H,4-5,8H2,1-3H3. The summed E-state index contributed by atoms with van der Waals surface area (Å²) in [4.78, 5) is 0. The zero-order valence-corrected chi connectivity index (χ0v) is 10.8. The Hall–Kier alpha value is -0.730. The van der Waals surface area contributed by atoms with Crippen molar-refractivity contribution in [2.75, 3.05) is 6.61 Å². The summed E-state index contributed by atoms with van der Waals surface area (Å²) in [7, 11) is 0. The summed E-state index contributed by atoms with van der Waals surface area (Å²) in [6.07, 6.45) is 0.971. The summed E-state index contributed by atoms with van der Waals surface area (Å²) >= 11 is 6.10. The predicted molar refractivity (Wildman–Crippen MR) is 67.2 cm³/mol. The van der Waals surface area contributed by atoms with Crippen LogP contribution in [0, 0.1) is 0 Å². The molecule has 1 aromatic carbocycles. The highest BCUT2D eigenvalue weighted by Gasteiger charge is 2.18. The molecular formula is C13H18ClNO. The lowest BCUT2D eigenvalue weighted by atomic mass is 10.1. The Kier molecular flexibility index (Phi) is 3.13. The maximum Gasteiger partial charge on any atom is 0.127 e. The molecule has 1 N–H and O–H groups in total. The average molecular weight is 240 g/mol. The summed E-state index contributed by atoms with van der Waals surface area (Å²) in [5.74, 6) is 1.03. The van der Waals surface area contributed by atoms with E-state index in [9.17, 15) is 0 Å². The van der Waals surface area contributed by atoms with Crippen LogP contribution in [0.5, 0.6) is 5.75 Å². The first-order valence-corrected chi connectivity index (χ1v) is 6.03. The summed E-state index contributed by atoms with van der Waals surface area (Å²) in [6, 6.07) is 3.99. The quantitative estimate of drug-likeness (QED) is 0.856. The average Bonchev–Trinajstić information content (AvgIpc) is 2.60. The van der Waals surface area contributed by atoms with Crippen LogP contribution in [0.3, 0.4) is 0 Å². The molecule has 1 aromatic rings. The Morgan fingerprint density at radius 1 is 1.38 bits per heavy atom. The van der Waals surface area contributed by atoms with E-state index in [1.54, 1.807) is 0 Å². The van der Waals surface area contributed by atoms with E-state index in [1.807, 2.05) is 12.1 Å². The molecule has 0 fully saturated rings. The van der Waals surface area contributed by atoms with Crippen LogP contribution in [0.4, 0.5) is 0 Å². The molecule has 0 radical (unpaired) electrons. The SMILES string of the molecule is CC(C)(C)NCc1cc(Cl)cc2c1OCC2. The Morgan fingerprint density at radius 3 is 2.81 bits per heavy atom. The molecule has 0 atom stereocenters. The molecule has 1 aliphatic rings. The van der Waals surface area contributed by atoms with Crippen molar-refractivity contribution < 1.29 is 4.74 Å². The second-order valence-electron chi connectivity index (χ2n) is 5.26. The van der Waals surface area contributed by atoms with Gasteiger partial charge in [0, 0.05) is 29.1 Å². The Labute approximate surface area is 102 Å². The van der Waals surface area contributed by atoms with E-state index in [0.29, 0.717) is 0 Å². The normalized spacial score (nSPS) is 14.8. The van der Waals surface area contributed by atoms with E-state index in [1.165, 1.54) is 5.56 Å². The second-order valence-corrected chi connectivity index (χ2v) is 5.69. The fraction of sp³-hybridized carbons (Fsp3) is 0.538. The molecule has 1 heterocycles. The molecule has 0 bridgehead atoms. The molecule has 16 heavy (non-hydrogen) atoms. The monoisotopic (exact) mass is 239 g/mol. The molecule has 0 saturated carbocycles. The Balaban J connectivity index is 2.21. The van der Waals surface area contributed by atoms with E-state index in [4.69, 9.17) is 16.3 Å². The van der Waals surface area contributed by atoms with Crippen molar-refractivity contribution in [3.05, 3.63) is 28.3 Å². The van der Waals surface area contributed by atoms with Crippen LogP contribution in [0.15, 0.2) is 12.1 Å². The first-order valence-electron chi connectivity index (χ1n) is 5.65. The zero-order chi connectivity index (χ0) is 11.8. The number of benzene rings is 1. The molecule has 3 heteroatoms. The van der Waals surface area contributed by atoms with E-state index < -0.39 is 0 Å². The van der Waals surface area contributed by atoms with Crippen molar-refractivity contribution in [2.45, 2.75) is 39.3 Å². The van der Waals surface area contributed by atoms with Crippen molar-refractivity contribution in [1.29, 1.82) is 0 Å². The minimum absolute atomic E-state index is 0.105. The third-order valence-corrected chi connectivity index (χ3v) is 2.85. The Morgan fingerprint density at radius 2 is 2.12 bits per heavy atom. The molecule has 0 aromatic heterocycles. The van der Waals surface area contributed by atoms with Gasteiger partial charge in [-0.05, 0) is 38.5 Å². The highest BCUT2D eigenvalue weighted by atomic mass is 35.5. The zero-order valence-electron chi connectivity index (χ0n) is 10.1. The number of fused-ring (bicyclic) bond motifs is 1. The molecule has 0 amide bonds. The topological polar surface area (TPSA) is 21.3 Å². The molecule has 0 spiro atoms. The van der Waals surface area contributed by atoms with Crippen LogP contribution < -0.4 is 10.1 Å². The summed E-state index contributed by atoms with van der Waals surface area (Å²) in [6.45, 7) is 8.03. The van der Waals surface area contributed by atoms with Crippen LogP contribution in [-0.4, -0.2) is 12.1 Å². The van der Waals surface area contributed by atoms with Gasteiger partial charge in [-0.15, -0.1) is 0 Å². The van der Waals surface area contributed by atoms with Gasteiger partial charge in [0.25, 0.3) is 0 Å². The van der Waals surface area contributed by atoms with Gasteiger partial charge in [0.2, 0.25) is 0 Å². The van der Waals surface area contributed by atoms with Crippen LogP contribution >= 0.6 is 11.6 Å². The number of nitrogens with one attached hydrogen (secondary N) is 1. The van der Waals surface area contributed by atoms with Gasteiger partial charge in [0.05, 0.1) is 6.61 Å². The van der Waals surface area contributed by atoms with Gasteiger partial charge in [-0.3, -0.25) is 0 Å². The van der Waals surface area contributed by atoms with Gasteiger partial charge in [-0.2, -0.15) is 0 Å². The Bertz CT molecular complexity index is 396. The lowest BCUT2D eigenvalue weighted by Gasteiger charge is -2.21. The first kappa shape index (κ1) is 11.7. The molecule has 0 unspecified atom stereocenters. The molecule has 1 aliphatic heterocycles. The van der Waals surface area contributed by atoms with Gasteiger partial charge >= 0.3 is 0 Å². The molecule has 0 aliphatic carbocycles. The van der Waals surface area contributed by atoms with Gasteiger partial charge in [0.15, 0.2) is 0 Å². The summed E-state index contributed by atoms with van der Waals surface area (Å²) < 4.78 is 5.65. The number of hydrogen-bond acceptors (Lipinski definition) is 2. The lowest BCUT2D eigenvalue weighted by molar-refractivity contribution is 0.348. The lowest BCUT2D eigenvalue weighted by Crippen LogP contribution is -2.35. The van der Waals surface area contributed by atoms with Crippen molar-refractivity contribution >= 4 is 11.6 Å². The van der Waals surface area contributed by atoms with Crippen LogP contribution in [0.25, 0.3) is 0 Å². The number of halogens is 1. The fourth-order valence-electron chi connectivity index (χ4n) is 1.84. The van der Waals surface area contributed by atoms with E-state index in [0.717, 1.165) is 35.9 Å². The fourth-order valence-corrected chi connectivity index (χ4v) is 2.10. The minimum atomic E-state index is 0.105. The number of rotatable bonds is 2. The largest absolute Gasteiger partial charge is 0.493 e. The molecule has 2 rings (SSSR count). The van der Waals surface area contributed by atoms with Crippen LogP contribution in [-0.2, 0) is 13.0 Å². The van der Waals surface area contributed by atoms with Crippen molar-refractivity contribution in [1.82, 2.24) is 5.32 Å². The molecule has 2 nitrogen and oxygen atoms in total. The smallest absolute Gasteiger partial charge is 0.127 e. The maximum absolute atomic E-state index is 6.10. The highest BCUT2D eigenvalue weighted by molar-refractivity contribution is 6.30. The molecule has 88 valence electrons. The van der Waals surface area contributed by atoms with E-state index in [-0.39, 0.29) is 5.54 Å². The van der Waals surface area contributed by atoms with E-state index >= 15 is 0 Å². The number of hydrogen-bond donors (Lipinski definition) is 1. The summed E-state index contributed by atoms with van der Waals surface area (Å²) in [5.41, 5.74) is 2.50. The molecule has 0 saturated heterocycles. The van der Waals surface area contributed by atoms with Gasteiger partial charge < -0.3 is 10.1 Å². The van der Waals surface area contributed by atoms with E-state index in [2.05, 4.69) is 26.1 Å². The van der Waals surface area contributed by atoms with Crippen LogP contribution in [0.2, 0.25) is 5.02 Å². The van der Waals surface area contributed by atoms with Gasteiger partial charge in [-0.25, -0.2) is 0 Å². The molecular weight excluding hydrogens is 222 g/mol. The second kappa shape index (κ2) is 4.27. The van der Waals surface area contributed by atoms with Gasteiger partial charge in [0.1, 0.15) is 5.75 Å². The third kappa shape index (κ3) is 2.69. The van der Waals surface area contributed by atoms with Gasteiger partial charge in [-0.1, -0.05) is 11.6 Å². The highest BCUT2D eigenvalue weighted by Crippen LogP contribution is 2.32. The van der Waals surface area contributed by atoms with Crippen molar-refractivity contribution in [3.63, 3.8) is 0 Å². The maximum atomic E-state index is 6.10. The summed E-state index contributed by atoms with van der Waals surface area (Å²) in [5, 5.41) is 4.26. The van der Waals surface area contributed by atoms with Crippen molar-refractivity contribution in [2.24, 2.45) is 0 Å². The van der Waals surface area contributed by atoms with Crippen LogP contribution in [0.1, 0.15) is 31.9 Å². The van der Waals surface area contributed by atoms with Crippen molar-refractivity contribution in [3.8, 4) is 5.75 Å². The third-order valence-electron chi connectivity index (χ3n) is 2.63.